The Balaban J connectivity index is 1.13. The van der Waals surface area contributed by atoms with Crippen LogP contribution in [0.2, 0.25) is 0 Å². The number of amides is 4. The second-order valence-corrected chi connectivity index (χ2v) is 14.3. The van der Waals surface area contributed by atoms with Crippen molar-refractivity contribution >= 4 is 34.9 Å². The number of nitrogens with zero attached hydrogens (tertiary/aromatic N) is 5. The molecule has 4 aromatic rings. The van der Waals surface area contributed by atoms with Gasteiger partial charge in [-0.15, -0.1) is 0 Å². The fourth-order valence-electron chi connectivity index (χ4n) is 7.09. The first-order valence-corrected chi connectivity index (χ1v) is 18.3. The summed E-state index contributed by atoms with van der Waals surface area (Å²) in [6.45, 7) is 8.69. The number of methoxy groups -OCH3 is 2. The first kappa shape index (κ1) is 37.8. The number of hydrogen-bond donors (Lipinski definition) is 4. The van der Waals surface area contributed by atoms with Crippen LogP contribution in [0.25, 0.3) is 22.2 Å². The molecule has 0 saturated carbocycles. The van der Waals surface area contributed by atoms with Crippen molar-refractivity contribution in [1.29, 1.82) is 0 Å². The zero-order chi connectivity index (χ0) is 38.5. The Morgan fingerprint density at radius 3 is 2.02 bits per heavy atom. The Kier molecular flexibility index (Phi) is 11.5. The highest BCUT2D eigenvalue weighted by Crippen LogP contribution is 2.34. The Labute approximate surface area is 314 Å². The van der Waals surface area contributed by atoms with Gasteiger partial charge in [0, 0.05) is 42.0 Å². The zero-order valence-corrected chi connectivity index (χ0v) is 31.4. The van der Waals surface area contributed by atoms with Crippen LogP contribution >= 0.6 is 0 Å². The molecule has 54 heavy (non-hydrogen) atoms. The summed E-state index contributed by atoms with van der Waals surface area (Å²) in [5.41, 5.74) is 3.72. The monoisotopic (exact) mass is 737 g/mol. The number of fused-ring (bicyclic) bond motifs is 1. The van der Waals surface area contributed by atoms with Gasteiger partial charge in [-0.2, -0.15) is 0 Å². The van der Waals surface area contributed by atoms with E-state index in [1.165, 1.54) is 14.2 Å². The second-order valence-electron chi connectivity index (χ2n) is 14.3. The van der Waals surface area contributed by atoms with Crippen LogP contribution in [0.3, 0.4) is 0 Å². The highest BCUT2D eigenvalue weighted by Gasteiger charge is 2.39. The number of ether oxygens (including phenoxy) is 2. The first-order valence-electron chi connectivity index (χ1n) is 18.3. The SMILES string of the molecule is COC(=O)N[C@H](C(=O)N1CCC[C@H]1c1nc(-c2cnc3cc(C#Cc4cnc([C@@H]5CCCN5C(=O)[C@@H](NC(=O)OC)C(C)C)[nH]4)ccc3c2)c[nH]1)C(C)C. The lowest BCUT2D eigenvalue weighted by molar-refractivity contribution is -0.136. The topological polar surface area (TPSA) is 188 Å². The third-order valence-electron chi connectivity index (χ3n) is 10.0. The molecule has 0 unspecified atom stereocenters. The molecule has 0 spiro atoms. The minimum Gasteiger partial charge on any atom is -0.453 e. The normalized spacial score (nSPS) is 18.0. The largest absolute Gasteiger partial charge is 0.453 e. The number of H-pyrrole nitrogens is 2. The molecule has 0 aliphatic carbocycles. The van der Waals surface area contributed by atoms with E-state index in [1.54, 1.807) is 22.2 Å². The van der Waals surface area contributed by atoms with Crippen molar-refractivity contribution in [2.75, 3.05) is 27.3 Å². The lowest BCUT2D eigenvalue weighted by Crippen LogP contribution is -2.51. The Hall–Kier alpha value is -5.91. The quantitative estimate of drug-likeness (QED) is 0.175. The van der Waals surface area contributed by atoms with Crippen LogP contribution in [-0.4, -0.2) is 98.1 Å². The third-order valence-corrected chi connectivity index (χ3v) is 10.0. The van der Waals surface area contributed by atoms with Gasteiger partial charge in [-0.25, -0.2) is 19.6 Å². The predicted octanol–water partition coefficient (Wildman–Crippen LogP) is 4.84. The van der Waals surface area contributed by atoms with Gasteiger partial charge >= 0.3 is 12.2 Å². The number of hydrogen-bond acceptors (Lipinski definition) is 9. The molecule has 2 aliphatic rings. The van der Waals surface area contributed by atoms with Gasteiger partial charge in [-0.1, -0.05) is 39.7 Å². The summed E-state index contributed by atoms with van der Waals surface area (Å²) in [6.07, 6.45) is 7.15. The van der Waals surface area contributed by atoms with Crippen molar-refractivity contribution in [3.63, 3.8) is 0 Å². The molecule has 0 bridgehead atoms. The molecular formula is C39H47N9O6. The number of nitrogens with one attached hydrogen (secondary N) is 4. The molecule has 2 saturated heterocycles. The lowest BCUT2D eigenvalue weighted by atomic mass is 10.0. The van der Waals surface area contributed by atoms with Crippen LogP contribution < -0.4 is 10.6 Å². The standard InChI is InChI=1S/C39H47N9O6/c1-22(2)32(45-38(51)53-5)36(49)47-15-7-9-30(47)34-41-20-27(43-34)14-12-24-11-13-25-18-26(19-40-28(25)17-24)29-21-42-35(44-29)31-10-8-16-48(31)37(50)33(23(3)4)46-39(52)54-6/h11,13,17-23,30-33H,7-10,15-16H2,1-6H3,(H,41,43)(H,42,44)(H,45,51)(H,46,52)/t30-,31-,32-,33-/m0/s1. The third kappa shape index (κ3) is 8.17. The van der Waals surface area contributed by atoms with E-state index in [-0.39, 0.29) is 35.7 Å². The van der Waals surface area contributed by atoms with Crippen LogP contribution in [0.4, 0.5) is 9.59 Å². The van der Waals surface area contributed by atoms with Crippen molar-refractivity contribution < 1.29 is 28.7 Å². The minimum atomic E-state index is -0.705. The maximum Gasteiger partial charge on any atom is 0.407 e. The smallest absolute Gasteiger partial charge is 0.407 e. The zero-order valence-electron chi connectivity index (χ0n) is 31.4. The molecule has 3 aromatic heterocycles. The van der Waals surface area contributed by atoms with Crippen LogP contribution in [0.1, 0.15) is 88.4 Å². The van der Waals surface area contributed by atoms with Crippen molar-refractivity contribution in [3.05, 3.63) is 65.8 Å². The molecule has 4 amide bonds. The van der Waals surface area contributed by atoms with Gasteiger partial charge in [0.15, 0.2) is 0 Å². The van der Waals surface area contributed by atoms with Gasteiger partial charge in [-0.05, 0) is 61.6 Å². The Bertz CT molecular complexity index is 2080. The van der Waals surface area contributed by atoms with Gasteiger partial charge in [-0.3, -0.25) is 14.6 Å². The summed E-state index contributed by atoms with van der Waals surface area (Å²) < 4.78 is 9.48. The van der Waals surface area contributed by atoms with Gasteiger partial charge in [0.1, 0.15) is 29.4 Å². The van der Waals surface area contributed by atoms with E-state index in [0.29, 0.717) is 36.1 Å². The molecule has 2 fully saturated rings. The minimum absolute atomic E-state index is 0.118. The second kappa shape index (κ2) is 16.4. The number of carbonyl (C=O) groups is 4. The maximum absolute atomic E-state index is 13.5. The van der Waals surface area contributed by atoms with Gasteiger partial charge < -0.3 is 39.9 Å². The Morgan fingerprint density at radius 2 is 1.43 bits per heavy atom. The molecule has 4 atom stereocenters. The van der Waals surface area contributed by atoms with Gasteiger partial charge in [0.2, 0.25) is 11.8 Å². The van der Waals surface area contributed by atoms with Gasteiger partial charge in [0.05, 0.1) is 43.7 Å². The van der Waals surface area contributed by atoms with E-state index in [0.717, 1.165) is 47.7 Å². The molecule has 15 nitrogen and oxygen atoms in total. The highest BCUT2D eigenvalue weighted by atomic mass is 16.5. The van der Waals surface area contributed by atoms with Crippen LogP contribution in [0.5, 0.6) is 0 Å². The van der Waals surface area contributed by atoms with Crippen LogP contribution in [0, 0.1) is 23.7 Å². The first-order chi connectivity index (χ1) is 26.0. The van der Waals surface area contributed by atoms with Crippen molar-refractivity contribution in [2.45, 2.75) is 77.5 Å². The number of rotatable bonds is 9. The summed E-state index contributed by atoms with van der Waals surface area (Å²) in [7, 11) is 2.56. The van der Waals surface area contributed by atoms with E-state index in [4.69, 9.17) is 19.4 Å². The molecule has 4 N–H and O–H groups in total. The number of pyridine rings is 1. The average Bonchev–Trinajstić information content (AvgIpc) is 4.00. The van der Waals surface area contributed by atoms with E-state index < -0.39 is 24.3 Å². The number of aromatic amines is 2. The van der Waals surface area contributed by atoms with Crippen LogP contribution in [0.15, 0.2) is 42.9 Å². The lowest BCUT2D eigenvalue weighted by Gasteiger charge is -2.29. The van der Waals surface area contributed by atoms with E-state index >= 15 is 0 Å². The number of imidazole rings is 2. The number of benzene rings is 1. The van der Waals surface area contributed by atoms with Crippen molar-refractivity contribution in [3.8, 4) is 23.1 Å². The molecule has 6 rings (SSSR count). The average molecular weight is 738 g/mol. The number of likely N-dealkylation sites (tertiary alicyclic amines) is 2. The molecule has 2 aliphatic heterocycles. The molecule has 15 heteroatoms. The van der Waals surface area contributed by atoms with E-state index in [2.05, 4.69) is 37.4 Å². The van der Waals surface area contributed by atoms with E-state index in [9.17, 15) is 19.2 Å². The summed E-state index contributed by atoms with van der Waals surface area (Å²) in [5, 5.41) is 6.27. The van der Waals surface area contributed by atoms with Crippen molar-refractivity contribution in [2.24, 2.45) is 11.8 Å². The molecule has 284 valence electrons. The summed E-state index contributed by atoms with van der Waals surface area (Å²) in [5.74, 6) is 7.12. The van der Waals surface area contributed by atoms with Crippen LogP contribution in [-0.2, 0) is 19.1 Å². The summed E-state index contributed by atoms with van der Waals surface area (Å²) in [6, 6.07) is 5.95. The molecular weight excluding hydrogens is 690 g/mol. The summed E-state index contributed by atoms with van der Waals surface area (Å²) in [4.78, 5) is 75.0. The predicted molar refractivity (Wildman–Crippen MR) is 200 cm³/mol. The maximum atomic E-state index is 13.5. The number of alkyl carbamates (subject to hydrolysis) is 2. The van der Waals surface area contributed by atoms with Crippen molar-refractivity contribution in [1.82, 2.24) is 45.4 Å². The highest BCUT2D eigenvalue weighted by molar-refractivity contribution is 5.87. The van der Waals surface area contributed by atoms with E-state index in [1.807, 2.05) is 58.2 Å². The summed E-state index contributed by atoms with van der Waals surface area (Å²) >= 11 is 0. The fraction of sp³-hybridized carbons (Fsp3) is 0.462. The number of carbonyl (C=O) groups excluding carboxylic acids is 4. The molecule has 5 heterocycles. The Morgan fingerprint density at radius 1 is 0.815 bits per heavy atom. The fourth-order valence-corrected chi connectivity index (χ4v) is 7.09. The molecule has 1 aromatic carbocycles. The van der Waals surface area contributed by atoms with Gasteiger partial charge in [0.25, 0.3) is 0 Å². The molecule has 0 radical (unpaired) electrons. The number of aromatic nitrogens is 5.